The Morgan fingerprint density at radius 1 is 1.29 bits per heavy atom. The molecule has 3 nitrogen and oxygen atoms in total. The number of nitriles is 1. The number of ether oxygens (including phenoxy) is 1. The maximum atomic E-state index is 8.52. The van der Waals surface area contributed by atoms with Crippen LogP contribution in [0.5, 0.6) is 5.75 Å². The van der Waals surface area contributed by atoms with Gasteiger partial charge < -0.3 is 10.1 Å². The smallest absolute Gasteiger partial charge is 0.122 e. The SMILES string of the molecule is N#CCCOc1ccccc1C1CCNCC1. The fourth-order valence-corrected chi connectivity index (χ4v) is 2.29. The normalized spacial score (nSPS) is 16.4. The van der Waals surface area contributed by atoms with Crippen molar-refractivity contribution in [2.45, 2.75) is 25.2 Å². The molecule has 3 heteroatoms. The lowest BCUT2D eigenvalue weighted by molar-refractivity contribution is 0.317. The lowest BCUT2D eigenvalue weighted by Crippen LogP contribution is -2.26. The number of nitrogens with zero attached hydrogens (tertiary/aromatic N) is 1. The number of piperidine rings is 1. The van der Waals surface area contributed by atoms with Gasteiger partial charge in [0.05, 0.1) is 12.5 Å². The van der Waals surface area contributed by atoms with Crippen molar-refractivity contribution >= 4 is 0 Å². The Balaban J connectivity index is 2.06. The molecule has 0 aliphatic carbocycles. The Morgan fingerprint density at radius 3 is 2.82 bits per heavy atom. The van der Waals surface area contributed by atoms with Crippen LogP contribution in [0.3, 0.4) is 0 Å². The van der Waals surface area contributed by atoms with Crippen LogP contribution in [0, 0.1) is 11.3 Å². The van der Waals surface area contributed by atoms with E-state index in [0.29, 0.717) is 18.9 Å². The fraction of sp³-hybridized carbons (Fsp3) is 0.500. The maximum Gasteiger partial charge on any atom is 0.122 e. The van der Waals surface area contributed by atoms with Gasteiger partial charge in [-0.15, -0.1) is 0 Å². The lowest BCUT2D eigenvalue weighted by atomic mass is 9.89. The zero-order valence-corrected chi connectivity index (χ0v) is 9.98. The van der Waals surface area contributed by atoms with Crippen molar-refractivity contribution in [2.75, 3.05) is 19.7 Å². The number of nitrogens with one attached hydrogen (secondary N) is 1. The second-order valence-corrected chi connectivity index (χ2v) is 4.32. The highest BCUT2D eigenvalue weighted by atomic mass is 16.5. The minimum absolute atomic E-state index is 0.445. The van der Waals surface area contributed by atoms with Gasteiger partial charge in [0.25, 0.3) is 0 Å². The van der Waals surface area contributed by atoms with Crippen molar-refractivity contribution in [3.63, 3.8) is 0 Å². The molecule has 1 fully saturated rings. The molecule has 1 N–H and O–H groups in total. The average molecular weight is 230 g/mol. The molecule has 1 saturated heterocycles. The molecule has 2 rings (SSSR count). The Bertz CT molecular complexity index is 391. The highest BCUT2D eigenvalue weighted by Gasteiger charge is 2.18. The molecule has 90 valence electrons. The van der Waals surface area contributed by atoms with E-state index in [0.717, 1.165) is 18.8 Å². The third kappa shape index (κ3) is 3.21. The quantitative estimate of drug-likeness (QED) is 0.808. The molecule has 0 unspecified atom stereocenters. The summed E-state index contributed by atoms with van der Waals surface area (Å²) in [4.78, 5) is 0. The van der Waals surface area contributed by atoms with Crippen LogP contribution in [-0.2, 0) is 0 Å². The van der Waals surface area contributed by atoms with E-state index in [9.17, 15) is 0 Å². The van der Waals surface area contributed by atoms with Crippen LogP contribution in [0.25, 0.3) is 0 Å². The topological polar surface area (TPSA) is 45.0 Å². The first-order valence-corrected chi connectivity index (χ1v) is 6.21. The molecule has 0 aromatic heterocycles. The minimum atomic E-state index is 0.445. The van der Waals surface area contributed by atoms with Crippen molar-refractivity contribution in [2.24, 2.45) is 0 Å². The van der Waals surface area contributed by atoms with E-state index in [1.54, 1.807) is 0 Å². The first-order valence-electron chi connectivity index (χ1n) is 6.21. The summed E-state index contributed by atoms with van der Waals surface area (Å²) < 4.78 is 5.69. The van der Waals surface area contributed by atoms with E-state index in [-0.39, 0.29) is 0 Å². The zero-order valence-electron chi connectivity index (χ0n) is 9.98. The van der Waals surface area contributed by atoms with E-state index in [2.05, 4.69) is 23.5 Å². The summed E-state index contributed by atoms with van der Waals surface area (Å²) in [5, 5.41) is 11.9. The van der Waals surface area contributed by atoms with Gasteiger partial charge in [0, 0.05) is 0 Å². The Hall–Kier alpha value is -1.53. The molecule has 0 radical (unpaired) electrons. The van der Waals surface area contributed by atoms with Gasteiger partial charge in [0.15, 0.2) is 0 Å². The first-order chi connectivity index (χ1) is 8.42. The number of rotatable bonds is 4. The van der Waals surface area contributed by atoms with Crippen molar-refractivity contribution in [1.29, 1.82) is 5.26 Å². The van der Waals surface area contributed by atoms with Gasteiger partial charge in [0.2, 0.25) is 0 Å². The van der Waals surface area contributed by atoms with E-state index >= 15 is 0 Å². The predicted molar refractivity (Wildman–Crippen MR) is 67.0 cm³/mol. The molecule has 0 atom stereocenters. The molecule has 1 aliphatic heterocycles. The van der Waals surface area contributed by atoms with Crippen LogP contribution >= 0.6 is 0 Å². The lowest BCUT2D eigenvalue weighted by Gasteiger charge is -2.24. The highest BCUT2D eigenvalue weighted by Crippen LogP contribution is 2.32. The van der Waals surface area contributed by atoms with Crippen LogP contribution in [0.4, 0.5) is 0 Å². The Labute approximate surface area is 102 Å². The Morgan fingerprint density at radius 2 is 2.06 bits per heavy atom. The van der Waals surface area contributed by atoms with Crippen molar-refractivity contribution in [3.8, 4) is 11.8 Å². The van der Waals surface area contributed by atoms with E-state index < -0.39 is 0 Å². The molecule has 1 aliphatic rings. The summed E-state index contributed by atoms with van der Waals surface area (Å²) in [5.41, 5.74) is 1.30. The van der Waals surface area contributed by atoms with E-state index in [1.807, 2.05) is 12.1 Å². The average Bonchev–Trinajstić information content (AvgIpc) is 2.41. The van der Waals surface area contributed by atoms with Crippen LogP contribution in [-0.4, -0.2) is 19.7 Å². The summed E-state index contributed by atoms with van der Waals surface area (Å²) in [6.45, 7) is 2.65. The minimum Gasteiger partial charge on any atom is -0.492 e. The number of benzene rings is 1. The summed E-state index contributed by atoms with van der Waals surface area (Å²) in [6, 6.07) is 10.3. The molecular formula is C14H18N2O. The van der Waals surface area contributed by atoms with Crippen molar-refractivity contribution in [3.05, 3.63) is 29.8 Å². The van der Waals surface area contributed by atoms with Gasteiger partial charge in [-0.05, 0) is 43.5 Å². The molecule has 17 heavy (non-hydrogen) atoms. The molecule has 1 aromatic carbocycles. The predicted octanol–water partition coefficient (Wildman–Crippen LogP) is 2.45. The first kappa shape index (κ1) is 11.9. The molecule has 1 heterocycles. The third-order valence-electron chi connectivity index (χ3n) is 3.17. The van der Waals surface area contributed by atoms with Crippen molar-refractivity contribution < 1.29 is 4.74 Å². The van der Waals surface area contributed by atoms with Crippen molar-refractivity contribution in [1.82, 2.24) is 5.32 Å². The number of hydrogen-bond donors (Lipinski definition) is 1. The van der Waals surface area contributed by atoms with Gasteiger partial charge in [-0.25, -0.2) is 0 Å². The molecular weight excluding hydrogens is 212 g/mol. The van der Waals surface area contributed by atoms with Gasteiger partial charge in [0.1, 0.15) is 12.4 Å². The monoisotopic (exact) mass is 230 g/mol. The van der Waals surface area contributed by atoms with Gasteiger partial charge in [-0.3, -0.25) is 0 Å². The molecule has 0 spiro atoms. The van der Waals surface area contributed by atoms with Crippen LogP contribution < -0.4 is 10.1 Å². The fourth-order valence-electron chi connectivity index (χ4n) is 2.29. The summed E-state index contributed by atoms with van der Waals surface area (Å²) in [6.07, 6.45) is 2.78. The molecule has 0 bridgehead atoms. The second-order valence-electron chi connectivity index (χ2n) is 4.32. The standard InChI is InChI=1S/C14H18N2O/c15-8-3-11-17-14-5-2-1-4-13(14)12-6-9-16-10-7-12/h1-2,4-5,12,16H,3,6-7,9-11H2. The number of para-hydroxylation sites is 1. The van der Waals surface area contributed by atoms with Crippen LogP contribution in [0.15, 0.2) is 24.3 Å². The molecule has 1 aromatic rings. The van der Waals surface area contributed by atoms with Crippen LogP contribution in [0.2, 0.25) is 0 Å². The molecule has 0 amide bonds. The summed E-state index contributed by atoms with van der Waals surface area (Å²) in [7, 11) is 0. The van der Waals surface area contributed by atoms with Gasteiger partial charge in [-0.1, -0.05) is 18.2 Å². The Kier molecular flexibility index (Phi) is 4.40. The van der Waals surface area contributed by atoms with Gasteiger partial charge >= 0.3 is 0 Å². The number of hydrogen-bond acceptors (Lipinski definition) is 3. The van der Waals surface area contributed by atoms with Crippen LogP contribution in [0.1, 0.15) is 30.7 Å². The van der Waals surface area contributed by atoms with E-state index in [1.165, 1.54) is 18.4 Å². The van der Waals surface area contributed by atoms with E-state index in [4.69, 9.17) is 10.00 Å². The summed E-state index contributed by atoms with van der Waals surface area (Å²) >= 11 is 0. The summed E-state index contributed by atoms with van der Waals surface area (Å²) in [5.74, 6) is 1.55. The maximum absolute atomic E-state index is 8.52. The van der Waals surface area contributed by atoms with Gasteiger partial charge in [-0.2, -0.15) is 5.26 Å². The second kappa shape index (κ2) is 6.27. The third-order valence-corrected chi connectivity index (χ3v) is 3.17. The highest BCUT2D eigenvalue weighted by molar-refractivity contribution is 5.36. The molecule has 0 saturated carbocycles. The largest absolute Gasteiger partial charge is 0.492 e. The zero-order chi connectivity index (χ0) is 11.9.